The van der Waals surface area contributed by atoms with Crippen molar-refractivity contribution in [2.45, 2.75) is 32.2 Å². The van der Waals surface area contributed by atoms with E-state index >= 15 is 0 Å². The summed E-state index contributed by atoms with van der Waals surface area (Å²) >= 11 is 2.01. The molecule has 1 saturated heterocycles. The minimum atomic E-state index is 0.156. The van der Waals surface area contributed by atoms with E-state index in [1.165, 1.54) is 24.3 Å². The first-order valence-corrected chi connectivity index (χ1v) is 6.56. The Kier molecular flexibility index (Phi) is 6.03. The largest absolute Gasteiger partial charge is 0.356 e. The third kappa shape index (κ3) is 4.86. The number of hydrogen-bond donors (Lipinski definition) is 2. The topological polar surface area (TPSA) is 41.1 Å². The summed E-state index contributed by atoms with van der Waals surface area (Å²) in [5, 5.41) is 6.23. The van der Waals surface area contributed by atoms with Crippen LogP contribution < -0.4 is 10.6 Å². The van der Waals surface area contributed by atoms with Crippen molar-refractivity contribution in [3.05, 3.63) is 0 Å². The Bertz CT molecular complexity index is 170. The first-order valence-electron chi connectivity index (χ1n) is 5.40. The zero-order valence-electron chi connectivity index (χ0n) is 8.84. The molecule has 1 amide bonds. The zero-order chi connectivity index (χ0) is 10.2. The van der Waals surface area contributed by atoms with Crippen LogP contribution in [-0.2, 0) is 4.79 Å². The summed E-state index contributed by atoms with van der Waals surface area (Å²) in [5.41, 5.74) is 0. The summed E-state index contributed by atoms with van der Waals surface area (Å²) in [4.78, 5) is 11.1. The van der Waals surface area contributed by atoms with Crippen LogP contribution in [-0.4, -0.2) is 36.5 Å². The Hall–Kier alpha value is -0.220. The second-order valence-corrected chi connectivity index (χ2v) is 4.72. The molecule has 0 radical (unpaired) electrons. The fraction of sp³-hybridized carbons (Fsp3) is 0.900. The van der Waals surface area contributed by atoms with Crippen molar-refractivity contribution in [1.29, 1.82) is 0 Å². The molecule has 1 aliphatic heterocycles. The van der Waals surface area contributed by atoms with E-state index in [4.69, 9.17) is 0 Å². The fourth-order valence-corrected chi connectivity index (χ4v) is 2.68. The van der Waals surface area contributed by atoms with E-state index in [1.54, 1.807) is 0 Å². The Morgan fingerprint density at radius 1 is 1.57 bits per heavy atom. The number of carbonyl (C=O) groups is 1. The van der Waals surface area contributed by atoms with E-state index in [-0.39, 0.29) is 5.91 Å². The van der Waals surface area contributed by atoms with Crippen molar-refractivity contribution in [3.8, 4) is 0 Å². The molecule has 1 rings (SSSR count). The zero-order valence-corrected chi connectivity index (χ0v) is 9.66. The van der Waals surface area contributed by atoms with Gasteiger partial charge in [0, 0.05) is 31.3 Å². The summed E-state index contributed by atoms with van der Waals surface area (Å²) in [6.45, 7) is 3.50. The molecule has 1 atom stereocenters. The number of rotatable bonds is 5. The molecule has 0 spiro atoms. The summed E-state index contributed by atoms with van der Waals surface area (Å²) in [6.07, 6.45) is 3.18. The van der Waals surface area contributed by atoms with Gasteiger partial charge in [0.15, 0.2) is 0 Å². The molecule has 82 valence electrons. The summed E-state index contributed by atoms with van der Waals surface area (Å²) < 4.78 is 0. The van der Waals surface area contributed by atoms with Crippen molar-refractivity contribution in [1.82, 2.24) is 10.6 Å². The molecule has 1 unspecified atom stereocenters. The number of amides is 1. The van der Waals surface area contributed by atoms with Crippen molar-refractivity contribution in [2.24, 2.45) is 0 Å². The van der Waals surface area contributed by atoms with Gasteiger partial charge in [-0.25, -0.2) is 0 Å². The average molecular weight is 216 g/mol. The number of thioether (sulfide) groups is 1. The van der Waals surface area contributed by atoms with Crippen LogP contribution >= 0.6 is 11.8 Å². The fourth-order valence-electron chi connectivity index (χ4n) is 1.58. The van der Waals surface area contributed by atoms with E-state index in [0.29, 0.717) is 12.5 Å². The lowest BCUT2D eigenvalue weighted by atomic mass is 10.2. The summed E-state index contributed by atoms with van der Waals surface area (Å²) in [7, 11) is 0. The van der Waals surface area contributed by atoms with Crippen LogP contribution in [0, 0.1) is 0 Å². The van der Waals surface area contributed by atoms with E-state index < -0.39 is 0 Å². The van der Waals surface area contributed by atoms with Gasteiger partial charge in [-0.05, 0) is 25.5 Å². The first kappa shape index (κ1) is 11.9. The predicted molar refractivity (Wildman–Crippen MR) is 61.7 cm³/mol. The SMILES string of the molecule is CCNC(=O)CCNC1CCCSC1. The van der Waals surface area contributed by atoms with Gasteiger partial charge >= 0.3 is 0 Å². The standard InChI is InChI=1S/C10H20N2OS/c1-2-11-10(13)5-6-12-9-4-3-7-14-8-9/h9,12H,2-8H2,1H3,(H,11,13). The summed E-state index contributed by atoms with van der Waals surface area (Å²) in [6, 6.07) is 0.628. The van der Waals surface area contributed by atoms with Crippen molar-refractivity contribution in [2.75, 3.05) is 24.6 Å². The second-order valence-electron chi connectivity index (χ2n) is 3.57. The van der Waals surface area contributed by atoms with E-state index in [0.717, 1.165) is 13.1 Å². The normalized spacial score (nSPS) is 21.9. The molecule has 2 N–H and O–H groups in total. The third-order valence-corrected chi connectivity index (χ3v) is 3.53. The van der Waals surface area contributed by atoms with E-state index in [2.05, 4.69) is 10.6 Å². The van der Waals surface area contributed by atoms with Crippen LogP contribution in [0.15, 0.2) is 0 Å². The highest BCUT2D eigenvalue weighted by Crippen LogP contribution is 2.16. The molecule has 0 aliphatic carbocycles. The average Bonchev–Trinajstić information content (AvgIpc) is 2.20. The van der Waals surface area contributed by atoms with E-state index in [9.17, 15) is 4.79 Å². The quantitative estimate of drug-likeness (QED) is 0.720. The molecule has 3 nitrogen and oxygen atoms in total. The first-order chi connectivity index (χ1) is 6.83. The monoisotopic (exact) mass is 216 g/mol. The lowest BCUT2D eigenvalue weighted by molar-refractivity contribution is -0.120. The van der Waals surface area contributed by atoms with Crippen LogP contribution in [0.1, 0.15) is 26.2 Å². The maximum atomic E-state index is 11.1. The molecule has 0 aromatic rings. The second kappa shape index (κ2) is 7.12. The van der Waals surface area contributed by atoms with Crippen LogP contribution in [0.5, 0.6) is 0 Å². The minimum Gasteiger partial charge on any atom is -0.356 e. The lowest BCUT2D eigenvalue weighted by Crippen LogP contribution is -2.36. The maximum Gasteiger partial charge on any atom is 0.221 e. The molecule has 0 aromatic carbocycles. The van der Waals surface area contributed by atoms with Crippen molar-refractivity contribution >= 4 is 17.7 Å². The van der Waals surface area contributed by atoms with Gasteiger partial charge < -0.3 is 10.6 Å². The van der Waals surface area contributed by atoms with Gasteiger partial charge in [-0.15, -0.1) is 0 Å². The molecule has 4 heteroatoms. The number of hydrogen-bond acceptors (Lipinski definition) is 3. The third-order valence-electron chi connectivity index (χ3n) is 2.32. The Morgan fingerprint density at radius 2 is 2.43 bits per heavy atom. The Labute approximate surface area is 90.4 Å². The highest BCUT2D eigenvalue weighted by Gasteiger charge is 2.12. The molecule has 0 saturated carbocycles. The van der Waals surface area contributed by atoms with Gasteiger partial charge in [0.25, 0.3) is 0 Å². The van der Waals surface area contributed by atoms with Gasteiger partial charge in [-0.3, -0.25) is 4.79 Å². The van der Waals surface area contributed by atoms with Crippen LogP contribution in [0.3, 0.4) is 0 Å². The molecule has 1 fully saturated rings. The van der Waals surface area contributed by atoms with E-state index in [1.807, 2.05) is 18.7 Å². The molecule has 14 heavy (non-hydrogen) atoms. The Morgan fingerprint density at radius 3 is 3.07 bits per heavy atom. The molecular weight excluding hydrogens is 196 g/mol. The van der Waals surface area contributed by atoms with Crippen molar-refractivity contribution < 1.29 is 4.79 Å². The van der Waals surface area contributed by atoms with Gasteiger partial charge in [0.05, 0.1) is 0 Å². The molecule has 1 aliphatic rings. The van der Waals surface area contributed by atoms with Gasteiger partial charge in [-0.1, -0.05) is 0 Å². The van der Waals surface area contributed by atoms with Crippen molar-refractivity contribution in [3.63, 3.8) is 0 Å². The smallest absolute Gasteiger partial charge is 0.221 e. The minimum absolute atomic E-state index is 0.156. The predicted octanol–water partition coefficient (Wildman–Crippen LogP) is 0.998. The molecule has 1 heterocycles. The van der Waals surface area contributed by atoms with Gasteiger partial charge in [0.2, 0.25) is 5.91 Å². The van der Waals surface area contributed by atoms with Gasteiger partial charge in [-0.2, -0.15) is 11.8 Å². The van der Waals surface area contributed by atoms with Crippen LogP contribution in [0.25, 0.3) is 0 Å². The highest BCUT2D eigenvalue weighted by molar-refractivity contribution is 7.99. The number of nitrogens with one attached hydrogen (secondary N) is 2. The summed E-state index contributed by atoms with van der Waals surface area (Å²) in [5.74, 6) is 2.66. The Balaban J connectivity index is 1.99. The van der Waals surface area contributed by atoms with Crippen LogP contribution in [0.2, 0.25) is 0 Å². The molecular formula is C10H20N2OS. The number of carbonyl (C=O) groups excluding carboxylic acids is 1. The lowest BCUT2D eigenvalue weighted by Gasteiger charge is -2.22. The molecule has 0 bridgehead atoms. The van der Waals surface area contributed by atoms with Crippen LogP contribution in [0.4, 0.5) is 0 Å². The maximum absolute atomic E-state index is 11.1. The van der Waals surface area contributed by atoms with Gasteiger partial charge in [0.1, 0.15) is 0 Å². The molecule has 0 aromatic heterocycles. The highest BCUT2D eigenvalue weighted by atomic mass is 32.2.